The number of methoxy groups -OCH3 is 1. The number of nitrogens with zero attached hydrogens (tertiary/aromatic N) is 3. The van der Waals surface area contributed by atoms with Crippen molar-refractivity contribution in [1.29, 1.82) is 0 Å². The standard InChI is InChI=1S/C26H27ClN6O4/c1-26(2)14-33(12-22(34)30-16-4-5-23(36-3)29-10-16)21(13-37-26)25(35)32-19-9-15(27)8-18-17-6-7-28-11-20(17)31-24(18)19/h4-11,21,31H,12-14H2,1-3H3,(H,30,34)(H,32,35)/t21-/m0/s1. The quantitative estimate of drug-likeness (QED) is 0.352. The van der Waals surface area contributed by atoms with Crippen LogP contribution in [0.25, 0.3) is 21.8 Å². The van der Waals surface area contributed by atoms with E-state index in [1.54, 1.807) is 30.6 Å². The molecule has 0 saturated carbocycles. The summed E-state index contributed by atoms with van der Waals surface area (Å²) in [5.74, 6) is -0.114. The van der Waals surface area contributed by atoms with Crippen molar-refractivity contribution in [2.75, 3.05) is 37.4 Å². The normalized spacial score (nSPS) is 17.6. The number of ether oxygens (including phenoxy) is 2. The number of halogens is 1. The fourth-order valence-electron chi connectivity index (χ4n) is 4.55. The van der Waals surface area contributed by atoms with Gasteiger partial charge >= 0.3 is 0 Å². The number of morpholine rings is 1. The Morgan fingerprint density at radius 2 is 2.05 bits per heavy atom. The largest absolute Gasteiger partial charge is 0.481 e. The van der Waals surface area contributed by atoms with Crippen LogP contribution in [0.3, 0.4) is 0 Å². The molecule has 1 aliphatic heterocycles. The zero-order valence-corrected chi connectivity index (χ0v) is 21.4. The zero-order valence-electron chi connectivity index (χ0n) is 20.7. The third-order valence-corrected chi connectivity index (χ3v) is 6.49. The SMILES string of the molecule is COc1ccc(NC(=O)CN2CC(C)(C)OC[C@H]2C(=O)Nc2cc(Cl)cc3c2[nH]c2cnccc23)cn1. The van der Waals surface area contributed by atoms with Crippen molar-refractivity contribution < 1.29 is 19.1 Å². The third-order valence-electron chi connectivity index (χ3n) is 6.27. The summed E-state index contributed by atoms with van der Waals surface area (Å²) in [4.78, 5) is 39.8. The summed E-state index contributed by atoms with van der Waals surface area (Å²) in [6.07, 6.45) is 4.95. The number of hydrogen-bond donors (Lipinski definition) is 3. The van der Waals surface area contributed by atoms with Crippen molar-refractivity contribution in [3.63, 3.8) is 0 Å². The molecule has 11 heteroatoms. The number of aromatic nitrogens is 3. The van der Waals surface area contributed by atoms with Crippen LogP contribution in [0.1, 0.15) is 13.8 Å². The van der Waals surface area contributed by atoms with Crippen LogP contribution >= 0.6 is 11.6 Å². The first kappa shape index (κ1) is 24.9. The van der Waals surface area contributed by atoms with Gasteiger partial charge in [-0.2, -0.15) is 0 Å². The van der Waals surface area contributed by atoms with Crippen LogP contribution in [0.5, 0.6) is 5.88 Å². The average Bonchev–Trinajstić information content (AvgIpc) is 3.23. The molecule has 4 aromatic rings. The lowest BCUT2D eigenvalue weighted by Gasteiger charge is -2.42. The number of hydrogen-bond acceptors (Lipinski definition) is 7. The number of fused-ring (bicyclic) bond motifs is 3. The molecule has 0 radical (unpaired) electrons. The second-order valence-corrected chi connectivity index (χ2v) is 9.98. The minimum atomic E-state index is -0.687. The van der Waals surface area contributed by atoms with E-state index in [4.69, 9.17) is 21.1 Å². The summed E-state index contributed by atoms with van der Waals surface area (Å²) in [7, 11) is 1.52. The lowest BCUT2D eigenvalue weighted by atomic mass is 10.0. The van der Waals surface area contributed by atoms with E-state index in [9.17, 15) is 9.59 Å². The Labute approximate surface area is 218 Å². The van der Waals surface area contributed by atoms with E-state index < -0.39 is 11.6 Å². The van der Waals surface area contributed by atoms with Crippen molar-refractivity contribution in [2.24, 2.45) is 0 Å². The third kappa shape index (κ3) is 5.36. The van der Waals surface area contributed by atoms with Gasteiger partial charge in [0.15, 0.2) is 0 Å². The minimum Gasteiger partial charge on any atom is -0.481 e. The molecule has 1 saturated heterocycles. The van der Waals surface area contributed by atoms with Crippen LogP contribution in [0.4, 0.5) is 11.4 Å². The van der Waals surface area contributed by atoms with Gasteiger partial charge in [0.05, 0.1) is 60.7 Å². The second kappa shape index (κ2) is 9.97. The van der Waals surface area contributed by atoms with Crippen LogP contribution in [0.15, 0.2) is 48.9 Å². The second-order valence-electron chi connectivity index (χ2n) is 9.54. The molecular formula is C26H27ClN6O4. The Morgan fingerprint density at radius 1 is 1.22 bits per heavy atom. The Bertz CT molecular complexity index is 1470. The molecule has 3 aromatic heterocycles. The first-order valence-corrected chi connectivity index (χ1v) is 12.1. The van der Waals surface area contributed by atoms with Crippen LogP contribution < -0.4 is 15.4 Å². The first-order valence-electron chi connectivity index (χ1n) is 11.8. The minimum absolute atomic E-state index is 0.0000798. The van der Waals surface area contributed by atoms with Gasteiger partial charge < -0.3 is 25.1 Å². The van der Waals surface area contributed by atoms with E-state index in [0.717, 1.165) is 21.8 Å². The van der Waals surface area contributed by atoms with Gasteiger partial charge in [-0.25, -0.2) is 4.98 Å². The number of nitrogens with one attached hydrogen (secondary N) is 3. The number of carbonyl (C=O) groups is 2. The monoisotopic (exact) mass is 522 g/mol. The van der Waals surface area contributed by atoms with Crippen molar-refractivity contribution >= 4 is 56.6 Å². The lowest BCUT2D eigenvalue weighted by Crippen LogP contribution is -2.59. The van der Waals surface area contributed by atoms with Gasteiger partial charge in [0.1, 0.15) is 6.04 Å². The highest BCUT2D eigenvalue weighted by Gasteiger charge is 2.38. The highest BCUT2D eigenvalue weighted by molar-refractivity contribution is 6.33. The maximum absolute atomic E-state index is 13.5. The van der Waals surface area contributed by atoms with Crippen molar-refractivity contribution in [3.8, 4) is 5.88 Å². The van der Waals surface area contributed by atoms with E-state index in [-0.39, 0.29) is 25.0 Å². The summed E-state index contributed by atoms with van der Waals surface area (Å²) < 4.78 is 11.0. The summed E-state index contributed by atoms with van der Waals surface area (Å²) >= 11 is 6.40. The van der Waals surface area contributed by atoms with Crippen LogP contribution in [0, 0.1) is 0 Å². The number of rotatable bonds is 6. The fourth-order valence-corrected chi connectivity index (χ4v) is 4.77. The summed E-state index contributed by atoms with van der Waals surface area (Å²) in [6.45, 7) is 4.38. The Balaban J connectivity index is 1.36. The number of H-pyrrole nitrogens is 1. The molecule has 0 spiro atoms. The number of anilines is 2. The number of benzene rings is 1. The van der Waals surface area contributed by atoms with Gasteiger partial charge in [-0.3, -0.25) is 19.5 Å². The topological polar surface area (TPSA) is 121 Å². The van der Waals surface area contributed by atoms with E-state index in [0.29, 0.717) is 28.8 Å². The highest BCUT2D eigenvalue weighted by Crippen LogP contribution is 2.33. The molecule has 192 valence electrons. The zero-order chi connectivity index (χ0) is 26.2. The number of pyridine rings is 2. The van der Waals surface area contributed by atoms with E-state index >= 15 is 0 Å². The average molecular weight is 523 g/mol. The van der Waals surface area contributed by atoms with E-state index in [1.807, 2.05) is 30.9 Å². The first-order chi connectivity index (χ1) is 17.7. The van der Waals surface area contributed by atoms with Crippen LogP contribution in [-0.4, -0.2) is 70.1 Å². The van der Waals surface area contributed by atoms with Crippen LogP contribution in [-0.2, 0) is 14.3 Å². The maximum Gasteiger partial charge on any atom is 0.244 e. The molecule has 0 bridgehead atoms. The predicted molar refractivity (Wildman–Crippen MR) is 142 cm³/mol. The molecule has 37 heavy (non-hydrogen) atoms. The molecule has 10 nitrogen and oxygen atoms in total. The van der Waals surface area contributed by atoms with Gasteiger partial charge in [0, 0.05) is 34.6 Å². The van der Waals surface area contributed by atoms with Gasteiger partial charge in [-0.05, 0) is 38.1 Å². The molecule has 1 aliphatic rings. The van der Waals surface area contributed by atoms with E-state index in [1.165, 1.54) is 13.3 Å². The lowest BCUT2D eigenvalue weighted by molar-refractivity contribution is -0.145. The summed E-state index contributed by atoms with van der Waals surface area (Å²) in [6, 6.07) is 8.13. The van der Waals surface area contributed by atoms with Gasteiger partial charge in [0.2, 0.25) is 17.7 Å². The Morgan fingerprint density at radius 3 is 2.81 bits per heavy atom. The molecule has 2 amide bonds. The Kier molecular flexibility index (Phi) is 6.72. The molecule has 5 rings (SSSR count). The highest BCUT2D eigenvalue weighted by atomic mass is 35.5. The van der Waals surface area contributed by atoms with Gasteiger partial charge in [-0.1, -0.05) is 11.6 Å². The van der Waals surface area contributed by atoms with Crippen molar-refractivity contribution in [2.45, 2.75) is 25.5 Å². The molecule has 0 unspecified atom stereocenters. The van der Waals surface area contributed by atoms with Gasteiger partial charge in [0.25, 0.3) is 0 Å². The predicted octanol–water partition coefficient (Wildman–Crippen LogP) is 3.83. The molecule has 1 atom stereocenters. The van der Waals surface area contributed by atoms with E-state index in [2.05, 4.69) is 25.6 Å². The molecule has 4 heterocycles. The maximum atomic E-state index is 13.5. The van der Waals surface area contributed by atoms with Gasteiger partial charge in [-0.15, -0.1) is 0 Å². The molecule has 1 aromatic carbocycles. The summed E-state index contributed by atoms with van der Waals surface area (Å²) in [5.41, 5.74) is 2.14. The molecular weight excluding hydrogens is 496 g/mol. The van der Waals surface area contributed by atoms with Crippen molar-refractivity contribution in [3.05, 3.63) is 53.9 Å². The van der Waals surface area contributed by atoms with Crippen LogP contribution in [0.2, 0.25) is 5.02 Å². The molecule has 3 N–H and O–H groups in total. The molecule has 0 aliphatic carbocycles. The number of carbonyl (C=O) groups excluding carboxylic acids is 2. The number of amides is 2. The summed E-state index contributed by atoms with van der Waals surface area (Å²) in [5, 5.41) is 8.15. The number of aromatic amines is 1. The fraction of sp³-hybridized carbons (Fsp3) is 0.308. The Hall–Kier alpha value is -3.73. The molecule has 1 fully saturated rings. The van der Waals surface area contributed by atoms with Crippen molar-refractivity contribution in [1.82, 2.24) is 19.9 Å². The smallest absolute Gasteiger partial charge is 0.244 e.